The Labute approximate surface area is 112 Å². The van der Waals surface area contributed by atoms with Gasteiger partial charge in [-0.25, -0.2) is 15.0 Å². The minimum absolute atomic E-state index is 0.607. The van der Waals surface area contributed by atoms with Crippen LogP contribution in [0.3, 0.4) is 0 Å². The van der Waals surface area contributed by atoms with E-state index >= 15 is 0 Å². The Morgan fingerprint density at radius 3 is 2.95 bits per heavy atom. The summed E-state index contributed by atoms with van der Waals surface area (Å²) in [6, 6.07) is 0. The number of H-pyrrole nitrogens is 1. The van der Waals surface area contributed by atoms with Gasteiger partial charge in [-0.2, -0.15) is 0 Å². The van der Waals surface area contributed by atoms with Gasteiger partial charge >= 0.3 is 0 Å². The third-order valence-corrected chi connectivity index (χ3v) is 2.76. The number of hydrogen-bond acceptors (Lipinski definition) is 5. The molecule has 0 radical (unpaired) electrons. The molecular weight excluding hydrogens is 242 g/mol. The topological polar surface area (TPSA) is 75.7 Å². The summed E-state index contributed by atoms with van der Waals surface area (Å²) in [5.41, 5.74) is 0.947. The highest BCUT2D eigenvalue weighted by atomic mass is 16.5. The maximum atomic E-state index is 5.44. The summed E-state index contributed by atoms with van der Waals surface area (Å²) < 4.78 is 5.44. The minimum atomic E-state index is 0.607. The smallest absolute Gasteiger partial charge is 0.221 e. The van der Waals surface area contributed by atoms with Gasteiger partial charge in [0.05, 0.1) is 12.2 Å². The molecule has 6 heteroatoms. The molecular formula is C13H19N5O. The average molecular weight is 261 g/mol. The van der Waals surface area contributed by atoms with E-state index in [1.807, 2.05) is 20.0 Å². The standard InChI is InChI=1S/C13H19N5O/c1-3-19-13-10(2)12(17-9-18-13)16-6-4-5-11-14-7-8-15-11/h7-9H,3-6H2,1-2H3,(H,14,15)(H,16,17,18). The van der Waals surface area contributed by atoms with Crippen molar-refractivity contribution in [1.82, 2.24) is 19.9 Å². The Morgan fingerprint density at radius 1 is 1.32 bits per heavy atom. The molecule has 0 saturated carbocycles. The zero-order chi connectivity index (χ0) is 13.5. The molecule has 0 bridgehead atoms. The van der Waals surface area contributed by atoms with E-state index in [1.54, 1.807) is 6.20 Å². The van der Waals surface area contributed by atoms with Crippen molar-refractivity contribution >= 4 is 5.82 Å². The quantitative estimate of drug-likeness (QED) is 0.745. The molecule has 0 fully saturated rings. The predicted octanol–water partition coefficient (Wildman–Crippen LogP) is 1.95. The fourth-order valence-electron chi connectivity index (χ4n) is 1.79. The Bertz CT molecular complexity index is 498. The molecule has 2 heterocycles. The second-order valence-electron chi connectivity index (χ2n) is 4.15. The predicted molar refractivity (Wildman–Crippen MR) is 73.3 cm³/mol. The van der Waals surface area contributed by atoms with E-state index in [2.05, 4.69) is 25.3 Å². The second kappa shape index (κ2) is 6.72. The first-order chi connectivity index (χ1) is 9.31. The molecule has 2 rings (SSSR count). The number of imidazole rings is 1. The van der Waals surface area contributed by atoms with Gasteiger partial charge in [-0.05, 0) is 20.3 Å². The lowest BCUT2D eigenvalue weighted by molar-refractivity contribution is 0.324. The van der Waals surface area contributed by atoms with Crippen LogP contribution in [0.2, 0.25) is 0 Å². The van der Waals surface area contributed by atoms with Crippen LogP contribution in [0.1, 0.15) is 24.7 Å². The number of nitrogens with zero attached hydrogens (tertiary/aromatic N) is 3. The lowest BCUT2D eigenvalue weighted by Crippen LogP contribution is -2.08. The Morgan fingerprint density at radius 2 is 2.21 bits per heavy atom. The molecule has 0 amide bonds. The molecule has 0 aliphatic rings. The highest BCUT2D eigenvalue weighted by Crippen LogP contribution is 2.20. The number of nitrogens with one attached hydrogen (secondary N) is 2. The molecule has 2 N–H and O–H groups in total. The third-order valence-electron chi connectivity index (χ3n) is 2.76. The van der Waals surface area contributed by atoms with E-state index < -0.39 is 0 Å². The van der Waals surface area contributed by atoms with Crippen LogP contribution in [-0.4, -0.2) is 33.1 Å². The molecule has 0 unspecified atom stereocenters. The molecule has 0 saturated heterocycles. The first-order valence-electron chi connectivity index (χ1n) is 6.47. The number of hydrogen-bond donors (Lipinski definition) is 2. The lowest BCUT2D eigenvalue weighted by Gasteiger charge is -2.10. The van der Waals surface area contributed by atoms with Gasteiger partial charge in [0.1, 0.15) is 18.0 Å². The van der Waals surface area contributed by atoms with Gasteiger partial charge in [-0.15, -0.1) is 0 Å². The molecule has 0 aromatic carbocycles. The van der Waals surface area contributed by atoms with Gasteiger partial charge in [0.2, 0.25) is 5.88 Å². The van der Waals surface area contributed by atoms with Crippen LogP contribution in [0.5, 0.6) is 5.88 Å². The number of rotatable bonds is 7. The van der Waals surface area contributed by atoms with Crippen LogP contribution in [0, 0.1) is 6.92 Å². The van der Waals surface area contributed by atoms with E-state index in [4.69, 9.17) is 4.74 Å². The number of ether oxygens (including phenoxy) is 1. The summed E-state index contributed by atoms with van der Waals surface area (Å²) in [6.07, 6.45) is 7.04. The average Bonchev–Trinajstić information content (AvgIpc) is 2.92. The first-order valence-corrected chi connectivity index (χ1v) is 6.47. The minimum Gasteiger partial charge on any atom is -0.478 e. The SMILES string of the molecule is CCOc1ncnc(NCCCc2ncc[nH]2)c1C. The molecule has 102 valence electrons. The van der Waals surface area contributed by atoms with E-state index in [0.29, 0.717) is 12.5 Å². The molecule has 0 spiro atoms. The van der Waals surface area contributed by atoms with Crippen LogP contribution in [-0.2, 0) is 6.42 Å². The number of aryl methyl sites for hydroxylation is 1. The van der Waals surface area contributed by atoms with Gasteiger partial charge in [-0.1, -0.05) is 0 Å². The highest BCUT2D eigenvalue weighted by Gasteiger charge is 2.07. The van der Waals surface area contributed by atoms with Gasteiger partial charge in [0.15, 0.2) is 0 Å². The van der Waals surface area contributed by atoms with E-state index in [0.717, 1.165) is 36.6 Å². The van der Waals surface area contributed by atoms with Crippen molar-refractivity contribution in [3.63, 3.8) is 0 Å². The summed E-state index contributed by atoms with van der Waals surface area (Å²) in [6.45, 7) is 5.35. The van der Waals surface area contributed by atoms with Gasteiger partial charge in [0.25, 0.3) is 0 Å². The fraction of sp³-hybridized carbons (Fsp3) is 0.462. The molecule has 0 atom stereocenters. The monoisotopic (exact) mass is 261 g/mol. The molecule has 2 aromatic rings. The van der Waals surface area contributed by atoms with Gasteiger partial charge in [-0.3, -0.25) is 0 Å². The molecule has 2 aromatic heterocycles. The highest BCUT2D eigenvalue weighted by molar-refractivity contribution is 5.47. The number of aromatic amines is 1. The largest absolute Gasteiger partial charge is 0.478 e. The normalized spacial score (nSPS) is 10.4. The molecule has 0 aliphatic heterocycles. The van der Waals surface area contributed by atoms with Crippen LogP contribution >= 0.6 is 0 Å². The first kappa shape index (κ1) is 13.3. The van der Waals surface area contributed by atoms with Crippen molar-refractivity contribution in [1.29, 1.82) is 0 Å². The summed E-state index contributed by atoms with van der Waals surface area (Å²) in [7, 11) is 0. The molecule has 0 aliphatic carbocycles. The summed E-state index contributed by atoms with van der Waals surface area (Å²) in [5, 5.41) is 3.30. The van der Waals surface area contributed by atoms with Crippen LogP contribution in [0.25, 0.3) is 0 Å². The Balaban J connectivity index is 1.83. The van der Waals surface area contributed by atoms with Crippen molar-refractivity contribution in [2.45, 2.75) is 26.7 Å². The van der Waals surface area contributed by atoms with Crippen LogP contribution in [0.4, 0.5) is 5.82 Å². The second-order valence-corrected chi connectivity index (χ2v) is 4.15. The molecule has 6 nitrogen and oxygen atoms in total. The zero-order valence-corrected chi connectivity index (χ0v) is 11.3. The maximum absolute atomic E-state index is 5.44. The van der Waals surface area contributed by atoms with E-state index in [9.17, 15) is 0 Å². The summed E-state index contributed by atoms with van der Waals surface area (Å²) in [4.78, 5) is 15.6. The van der Waals surface area contributed by atoms with Crippen molar-refractivity contribution in [3.8, 4) is 5.88 Å². The summed E-state index contributed by atoms with van der Waals surface area (Å²) >= 11 is 0. The fourth-order valence-corrected chi connectivity index (χ4v) is 1.79. The van der Waals surface area contributed by atoms with Crippen molar-refractivity contribution < 1.29 is 4.74 Å². The van der Waals surface area contributed by atoms with E-state index in [1.165, 1.54) is 6.33 Å². The zero-order valence-electron chi connectivity index (χ0n) is 11.3. The van der Waals surface area contributed by atoms with Crippen molar-refractivity contribution in [2.24, 2.45) is 0 Å². The maximum Gasteiger partial charge on any atom is 0.221 e. The number of anilines is 1. The van der Waals surface area contributed by atoms with Gasteiger partial charge < -0.3 is 15.0 Å². The van der Waals surface area contributed by atoms with Crippen LogP contribution in [0.15, 0.2) is 18.7 Å². The lowest BCUT2D eigenvalue weighted by atomic mass is 10.3. The van der Waals surface area contributed by atoms with Crippen molar-refractivity contribution in [3.05, 3.63) is 30.1 Å². The van der Waals surface area contributed by atoms with Gasteiger partial charge in [0, 0.05) is 25.4 Å². The Kier molecular flexibility index (Phi) is 4.72. The number of aromatic nitrogens is 4. The Hall–Kier alpha value is -2.11. The van der Waals surface area contributed by atoms with Crippen LogP contribution < -0.4 is 10.1 Å². The third kappa shape index (κ3) is 3.67. The van der Waals surface area contributed by atoms with E-state index in [-0.39, 0.29) is 0 Å². The summed E-state index contributed by atoms with van der Waals surface area (Å²) in [5.74, 6) is 2.49. The van der Waals surface area contributed by atoms with Crippen molar-refractivity contribution in [2.75, 3.05) is 18.5 Å². The molecule has 19 heavy (non-hydrogen) atoms.